The summed E-state index contributed by atoms with van der Waals surface area (Å²) >= 11 is 0. The van der Waals surface area contributed by atoms with E-state index in [2.05, 4.69) is 26.6 Å². The Balaban J connectivity index is 2.71. The van der Waals surface area contributed by atoms with Crippen molar-refractivity contribution < 1.29 is 8.42 Å². The van der Waals surface area contributed by atoms with E-state index in [9.17, 15) is 8.42 Å². The van der Waals surface area contributed by atoms with Crippen molar-refractivity contribution in [1.29, 1.82) is 0 Å². The van der Waals surface area contributed by atoms with E-state index in [1.54, 1.807) is 19.9 Å². The van der Waals surface area contributed by atoms with Gasteiger partial charge < -0.3 is 0 Å². The number of aromatic nitrogens is 5. The molecule has 0 saturated carbocycles. The number of nitrogens with zero attached hydrogens (tertiary/aromatic N) is 5. The van der Waals surface area contributed by atoms with E-state index in [4.69, 9.17) is 0 Å². The van der Waals surface area contributed by atoms with E-state index in [1.165, 1.54) is 10.8 Å². The maximum atomic E-state index is 11.6. The molecule has 0 unspecified atom stereocenters. The molecule has 0 saturated heterocycles. The van der Waals surface area contributed by atoms with Crippen LogP contribution in [0.5, 0.6) is 0 Å². The Kier molecular flexibility index (Phi) is 3.19. The van der Waals surface area contributed by atoms with Gasteiger partial charge in [-0.1, -0.05) is 6.58 Å². The van der Waals surface area contributed by atoms with Crippen molar-refractivity contribution in [1.82, 2.24) is 24.7 Å². The summed E-state index contributed by atoms with van der Waals surface area (Å²) in [6.07, 6.45) is 2.51. The highest BCUT2D eigenvalue weighted by molar-refractivity contribution is 7.90. The standard InChI is InChI=1S/C11H13N5O2S/c1-5-9-6-10(14-11(13-9)19(4,17)18)16-8(3)12-7(2)15-16/h5-6H,1H2,2-4H3. The molecule has 0 aliphatic heterocycles. The van der Waals surface area contributed by atoms with E-state index in [0.29, 0.717) is 23.2 Å². The summed E-state index contributed by atoms with van der Waals surface area (Å²) in [5.41, 5.74) is 0.415. The Morgan fingerprint density at radius 3 is 2.42 bits per heavy atom. The molecule has 2 aromatic rings. The second kappa shape index (κ2) is 4.54. The minimum atomic E-state index is -3.50. The molecule has 19 heavy (non-hydrogen) atoms. The molecule has 0 N–H and O–H groups in total. The van der Waals surface area contributed by atoms with Crippen LogP contribution in [0.15, 0.2) is 17.8 Å². The minimum absolute atomic E-state index is 0.257. The molecule has 0 aromatic carbocycles. The first kappa shape index (κ1) is 13.3. The molecule has 0 aliphatic carbocycles. The number of sulfone groups is 1. The van der Waals surface area contributed by atoms with E-state index >= 15 is 0 Å². The molecule has 0 fully saturated rings. The third-order valence-corrected chi connectivity index (χ3v) is 3.19. The first-order valence-corrected chi connectivity index (χ1v) is 7.32. The van der Waals surface area contributed by atoms with Crippen LogP contribution in [0.3, 0.4) is 0 Å². The van der Waals surface area contributed by atoms with Gasteiger partial charge in [0.05, 0.1) is 5.69 Å². The fourth-order valence-corrected chi connectivity index (χ4v) is 2.08. The summed E-state index contributed by atoms with van der Waals surface area (Å²) in [5.74, 6) is 1.55. The van der Waals surface area contributed by atoms with Crippen molar-refractivity contribution in [2.24, 2.45) is 0 Å². The fourth-order valence-electron chi connectivity index (χ4n) is 1.55. The van der Waals surface area contributed by atoms with Gasteiger partial charge in [0.1, 0.15) is 11.6 Å². The molecule has 100 valence electrons. The Labute approximate surface area is 111 Å². The first-order chi connectivity index (χ1) is 8.81. The van der Waals surface area contributed by atoms with Gasteiger partial charge in [0, 0.05) is 12.3 Å². The number of aryl methyl sites for hydroxylation is 2. The van der Waals surface area contributed by atoms with Gasteiger partial charge in [0.2, 0.25) is 15.0 Å². The van der Waals surface area contributed by atoms with Crippen LogP contribution >= 0.6 is 0 Å². The monoisotopic (exact) mass is 279 g/mol. The molecule has 2 heterocycles. The SMILES string of the molecule is C=Cc1cc(-n2nc(C)nc2C)nc(S(C)(=O)=O)n1. The molecule has 2 aromatic heterocycles. The number of hydrogen-bond donors (Lipinski definition) is 0. The van der Waals surface area contributed by atoms with Crippen LogP contribution in [0.25, 0.3) is 11.9 Å². The lowest BCUT2D eigenvalue weighted by Gasteiger charge is -2.05. The van der Waals surface area contributed by atoms with Crippen LogP contribution in [-0.4, -0.2) is 39.4 Å². The zero-order chi connectivity index (χ0) is 14.2. The zero-order valence-electron chi connectivity index (χ0n) is 10.8. The minimum Gasteiger partial charge on any atom is -0.221 e. The molecule has 0 amide bonds. The number of rotatable bonds is 3. The summed E-state index contributed by atoms with van der Waals surface area (Å²) in [6.45, 7) is 7.09. The fraction of sp³-hybridized carbons (Fsp3) is 0.273. The predicted molar refractivity (Wildman–Crippen MR) is 69.6 cm³/mol. The van der Waals surface area contributed by atoms with Crippen molar-refractivity contribution in [2.75, 3.05) is 6.26 Å². The molecule has 0 spiro atoms. The highest BCUT2D eigenvalue weighted by Gasteiger charge is 2.16. The summed E-state index contributed by atoms with van der Waals surface area (Å²) in [4.78, 5) is 12.1. The zero-order valence-corrected chi connectivity index (χ0v) is 11.6. The third kappa shape index (κ3) is 2.68. The van der Waals surface area contributed by atoms with Crippen molar-refractivity contribution in [3.8, 4) is 5.82 Å². The van der Waals surface area contributed by atoms with Crippen LogP contribution in [0, 0.1) is 13.8 Å². The Morgan fingerprint density at radius 1 is 1.26 bits per heavy atom. The van der Waals surface area contributed by atoms with Crippen LogP contribution < -0.4 is 0 Å². The van der Waals surface area contributed by atoms with Gasteiger partial charge in [-0.05, 0) is 19.9 Å². The maximum absolute atomic E-state index is 11.6. The third-order valence-electron chi connectivity index (χ3n) is 2.34. The Hall–Kier alpha value is -2.09. The number of hydrogen-bond acceptors (Lipinski definition) is 6. The van der Waals surface area contributed by atoms with Crippen molar-refractivity contribution >= 4 is 15.9 Å². The van der Waals surface area contributed by atoms with E-state index in [0.717, 1.165) is 6.26 Å². The van der Waals surface area contributed by atoms with Crippen molar-refractivity contribution in [3.05, 3.63) is 30.0 Å². The van der Waals surface area contributed by atoms with Crippen molar-refractivity contribution in [3.63, 3.8) is 0 Å². The first-order valence-electron chi connectivity index (χ1n) is 5.43. The Morgan fingerprint density at radius 2 is 1.95 bits per heavy atom. The van der Waals surface area contributed by atoms with E-state index in [-0.39, 0.29) is 5.16 Å². The molecule has 7 nitrogen and oxygen atoms in total. The lowest BCUT2D eigenvalue weighted by Crippen LogP contribution is -2.10. The lowest BCUT2D eigenvalue weighted by molar-refractivity contribution is 0.591. The average molecular weight is 279 g/mol. The van der Waals surface area contributed by atoms with Gasteiger partial charge in [-0.2, -0.15) is 9.67 Å². The van der Waals surface area contributed by atoms with Gasteiger partial charge in [-0.3, -0.25) is 0 Å². The molecular formula is C11H13N5O2S. The topological polar surface area (TPSA) is 90.6 Å². The molecule has 0 radical (unpaired) electrons. The average Bonchev–Trinajstić information content (AvgIpc) is 2.66. The van der Waals surface area contributed by atoms with Gasteiger partial charge in [0.15, 0.2) is 5.82 Å². The maximum Gasteiger partial charge on any atom is 0.249 e. The van der Waals surface area contributed by atoms with Crippen LogP contribution in [0.2, 0.25) is 0 Å². The second-order valence-corrected chi connectivity index (χ2v) is 5.94. The summed E-state index contributed by atoms with van der Waals surface area (Å²) in [6, 6.07) is 1.60. The second-order valence-electron chi connectivity index (χ2n) is 4.03. The molecule has 0 bridgehead atoms. The smallest absolute Gasteiger partial charge is 0.221 e. The summed E-state index contributed by atoms with van der Waals surface area (Å²) in [7, 11) is -3.50. The van der Waals surface area contributed by atoms with Crippen LogP contribution in [0.1, 0.15) is 17.3 Å². The molecule has 0 aliphatic rings. The van der Waals surface area contributed by atoms with Crippen molar-refractivity contribution in [2.45, 2.75) is 19.0 Å². The lowest BCUT2D eigenvalue weighted by atomic mass is 10.4. The summed E-state index contributed by atoms with van der Waals surface area (Å²) < 4.78 is 24.6. The van der Waals surface area contributed by atoms with Crippen LogP contribution in [0.4, 0.5) is 0 Å². The molecule has 2 rings (SSSR count). The van der Waals surface area contributed by atoms with Gasteiger partial charge in [0.25, 0.3) is 0 Å². The largest absolute Gasteiger partial charge is 0.249 e. The highest BCUT2D eigenvalue weighted by atomic mass is 32.2. The molecule has 0 atom stereocenters. The van der Waals surface area contributed by atoms with Gasteiger partial charge in [-0.25, -0.2) is 18.4 Å². The Bertz CT molecular complexity index is 748. The van der Waals surface area contributed by atoms with E-state index < -0.39 is 9.84 Å². The van der Waals surface area contributed by atoms with Crippen LogP contribution in [-0.2, 0) is 9.84 Å². The highest BCUT2D eigenvalue weighted by Crippen LogP contribution is 2.12. The van der Waals surface area contributed by atoms with E-state index in [1.807, 2.05) is 0 Å². The summed E-state index contributed by atoms with van der Waals surface area (Å²) in [5, 5.41) is 3.91. The molecule has 8 heteroatoms. The van der Waals surface area contributed by atoms with Gasteiger partial charge in [-0.15, -0.1) is 5.10 Å². The van der Waals surface area contributed by atoms with Gasteiger partial charge >= 0.3 is 0 Å². The molecular weight excluding hydrogens is 266 g/mol. The predicted octanol–water partition coefficient (Wildman–Crippen LogP) is 0.721. The normalized spacial score (nSPS) is 11.5. The quantitative estimate of drug-likeness (QED) is 0.769.